The molecular weight excluding hydrogens is 340 g/mol. The molecule has 2 saturated heterocycles. The second-order valence-corrected chi connectivity index (χ2v) is 10.1. The summed E-state index contributed by atoms with van der Waals surface area (Å²) >= 11 is 0. The van der Waals surface area contributed by atoms with Crippen molar-refractivity contribution < 1.29 is 14.6 Å². The van der Waals surface area contributed by atoms with Crippen molar-refractivity contribution in [3.8, 4) is 0 Å². The zero-order valence-corrected chi connectivity index (χ0v) is 15.9. The number of piperidine rings is 1. The molecule has 144 valence electrons. The van der Waals surface area contributed by atoms with Crippen molar-refractivity contribution in [2.75, 3.05) is 19.7 Å². The van der Waals surface area contributed by atoms with Crippen molar-refractivity contribution >= 4 is 5.91 Å². The first-order valence-corrected chi connectivity index (χ1v) is 10.4. The number of nitrogens with one attached hydrogen (secondary N) is 1. The molecule has 2 N–H and O–H groups in total. The second kappa shape index (κ2) is 5.13. The molecule has 6 rings (SSSR count). The lowest BCUT2D eigenvalue weighted by molar-refractivity contribution is -0.140. The van der Waals surface area contributed by atoms with Crippen LogP contribution in [0.1, 0.15) is 50.2 Å². The van der Waals surface area contributed by atoms with E-state index in [2.05, 4.69) is 41.4 Å². The molecule has 0 bridgehead atoms. The summed E-state index contributed by atoms with van der Waals surface area (Å²) in [5, 5.41) is 12.6. The number of amides is 1. The summed E-state index contributed by atoms with van der Waals surface area (Å²) in [4.78, 5) is 15.1. The van der Waals surface area contributed by atoms with E-state index < -0.39 is 6.41 Å². The third-order valence-corrected chi connectivity index (χ3v) is 8.18. The van der Waals surface area contributed by atoms with Gasteiger partial charge in [-0.25, -0.2) is 0 Å². The molecule has 0 aromatic heterocycles. The number of ether oxygens (including phenoxy) is 1. The van der Waals surface area contributed by atoms with Crippen LogP contribution in [-0.4, -0.2) is 47.6 Å². The molecule has 5 nitrogen and oxygen atoms in total. The van der Waals surface area contributed by atoms with E-state index >= 15 is 0 Å². The Morgan fingerprint density at radius 3 is 2.52 bits per heavy atom. The standard InChI is InChI=1S/C22H28N2O3/c1-20(6-7-20)15-2-4-16(5-3-15)22-10-17(22)11-24(12-22)18(25)14-8-21(9-14)13-27-19(26)23-21/h2-5,14,17,19,23,26H,6-13H2,1H3/t14-,17?,19?,21+,22?. The maximum Gasteiger partial charge on any atom is 0.225 e. The van der Waals surface area contributed by atoms with Crippen LogP contribution in [0.5, 0.6) is 0 Å². The minimum atomic E-state index is -0.871. The lowest BCUT2D eigenvalue weighted by Gasteiger charge is -2.44. The first kappa shape index (κ1) is 16.5. The van der Waals surface area contributed by atoms with Crippen LogP contribution in [0.15, 0.2) is 24.3 Å². The zero-order valence-electron chi connectivity index (χ0n) is 15.9. The number of aliphatic hydroxyl groups is 1. The summed E-state index contributed by atoms with van der Waals surface area (Å²) < 4.78 is 5.22. The van der Waals surface area contributed by atoms with Crippen molar-refractivity contribution in [3.05, 3.63) is 35.4 Å². The highest BCUT2D eigenvalue weighted by Crippen LogP contribution is 2.60. The van der Waals surface area contributed by atoms with Gasteiger partial charge in [-0.15, -0.1) is 0 Å². The lowest BCUT2D eigenvalue weighted by Crippen LogP contribution is -2.58. The molecule has 5 aliphatic rings. The number of nitrogens with zero attached hydrogens (tertiary/aromatic N) is 1. The van der Waals surface area contributed by atoms with E-state index in [0.29, 0.717) is 23.8 Å². The molecule has 5 heteroatoms. The minimum absolute atomic E-state index is 0.0816. The fourth-order valence-electron chi connectivity index (χ4n) is 5.91. The van der Waals surface area contributed by atoms with Crippen LogP contribution in [0, 0.1) is 11.8 Å². The van der Waals surface area contributed by atoms with Crippen molar-refractivity contribution in [1.82, 2.24) is 10.2 Å². The van der Waals surface area contributed by atoms with Gasteiger partial charge in [0.15, 0.2) is 0 Å². The molecule has 1 aromatic carbocycles. The predicted octanol–water partition coefficient (Wildman–Crippen LogP) is 1.88. The number of rotatable bonds is 3. The molecule has 3 atom stereocenters. The Hall–Kier alpha value is -1.43. The Bertz CT molecular complexity index is 796. The maximum atomic E-state index is 13.0. The fourth-order valence-corrected chi connectivity index (χ4v) is 5.91. The minimum Gasteiger partial charge on any atom is -0.356 e. The van der Waals surface area contributed by atoms with E-state index in [4.69, 9.17) is 4.74 Å². The molecule has 27 heavy (non-hydrogen) atoms. The van der Waals surface area contributed by atoms with Gasteiger partial charge in [0.25, 0.3) is 0 Å². The zero-order chi connectivity index (χ0) is 18.4. The third kappa shape index (κ3) is 2.38. The van der Waals surface area contributed by atoms with Crippen LogP contribution in [0.2, 0.25) is 0 Å². The molecule has 1 amide bonds. The van der Waals surface area contributed by atoms with Gasteiger partial charge in [0.05, 0.1) is 6.61 Å². The predicted molar refractivity (Wildman–Crippen MR) is 99.9 cm³/mol. The van der Waals surface area contributed by atoms with Crippen LogP contribution in [0.4, 0.5) is 0 Å². The molecule has 3 aliphatic carbocycles. The van der Waals surface area contributed by atoms with Crippen LogP contribution >= 0.6 is 0 Å². The average molecular weight is 368 g/mol. The summed E-state index contributed by atoms with van der Waals surface area (Å²) in [6.07, 6.45) is 4.53. The summed E-state index contributed by atoms with van der Waals surface area (Å²) in [6.45, 7) is 4.65. The molecular formula is C22H28N2O3. The SMILES string of the molecule is CC1(c2ccc(C34CC3CN(C(=O)[C@H]3C[C@]5(COC(O)N5)C3)C4)cc2)CC1. The second-order valence-electron chi connectivity index (χ2n) is 10.1. The van der Waals surface area contributed by atoms with E-state index in [9.17, 15) is 9.90 Å². The van der Waals surface area contributed by atoms with Gasteiger partial charge in [0.1, 0.15) is 0 Å². The van der Waals surface area contributed by atoms with Gasteiger partial charge >= 0.3 is 0 Å². The molecule has 2 aliphatic heterocycles. The Kier molecular flexibility index (Phi) is 3.14. The van der Waals surface area contributed by atoms with Crippen LogP contribution in [-0.2, 0) is 20.4 Å². The van der Waals surface area contributed by atoms with E-state index in [1.807, 2.05) is 0 Å². The quantitative estimate of drug-likeness (QED) is 0.855. The first-order valence-electron chi connectivity index (χ1n) is 10.4. The van der Waals surface area contributed by atoms with Crippen LogP contribution < -0.4 is 5.32 Å². The van der Waals surface area contributed by atoms with E-state index in [1.165, 1.54) is 30.4 Å². The van der Waals surface area contributed by atoms with Gasteiger partial charge in [-0.05, 0) is 54.6 Å². The lowest BCUT2D eigenvalue weighted by atomic mass is 9.68. The van der Waals surface area contributed by atoms with Gasteiger partial charge in [0.2, 0.25) is 12.3 Å². The molecule has 3 saturated carbocycles. The van der Waals surface area contributed by atoms with Gasteiger partial charge in [-0.3, -0.25) is 10.1 Å². The van der Waals surface area contributed by atoms with Gasteiger partial charge < -0.3 is 14.7 Å². The number of carbonyl (C=O) groups excluding carboxylic acids is 1. The van der Waals surface area contributed by atoms with Crippen molar-refractivity contribution in [2.45, 2.75) is 61.8 Å². The molecule has 1 aromatic rings. The molecule has 0 radical (unpaired) electrons. The van der Waals surface area contributed by atoms with Crippen LogP contribution in [0.25, 0.3) is 0 Å². The van der Waals surface area contributed by atoms with Crippen molar-refractivity contribution in [1.29, 1.82) is 0 Å². The summed E-state index contributed by atoms with van der Waals surface area (Å²) in [5.74, 6) is 1.02. The van der Waals surface area contributed by atoms with E-state index in [1.54, 1.807) is 0 Å². The summed E-state index contributed by atoms with van der Waals surface area (Å²) in [5.41, 5.74) is 3.36. The van der Waals surface area contributed by atoms with Gasteiger partial charge in [-0.2, -0.15) is 0 Å². The largest absolute Gasteiger partial charge is 0.356 e. The summed E-state index contributed by atoms with van der Waals surface area (Å²) in [7, 11) is 0. The normalized spacial score (nSPS) is 43.5. The highest BCUT2D eigenvalue weighted by molar-refractivity contribution is 5.81. The van der Waals surface area contributed by atoms with Crippen molar-refractivity contribution in [3.63, 3.8) is 0 Å². The Balaban J connectivity index is 1.12. The van der Waals surface area contributed by atoms with Crippen molar-refractivity contribution in [2.24, 2.45) is 11.8 Å². The molecule has 2 heterocycles. The average Bonchev–Trinajstić information content (AvgIpc) is 3.46. The highest BCUT2D eigenvalue weighted by atomic mass is 16.6. The van der Waals surface area contributed by atoms with E-state index in [-0.39, 0.29) is 16.9 Å². The number of likely N-dealkylation sites (tertiary alicyclic amines) is 1. The van der Waals surface area contributed by atoms with Gasteiger partial charge in [0, 0.05) is 30.0 Å². The monoisotopic (exact) mass is 368 g/mol. The molecule has 1 spiro atoms. The summed E-state index contributed by atoms with van der Waals surface area (Å²) in [6, 6.07) is 9.30. The third-order valence-electron chi connectivity index (χ3n) is 8.18. The fraction of sp³-hybridized carbons (Fsp3) is 0.682. The maximum absolute atomic E-state index is 13.0. The van der Waals surface area contributed by atoms with Crippen LogP contribution in [0.3, 0.4) is 0 Å². The Morgan fingerprint density at radius 1 is 1.19 bits per heavy atom. The molecule has 5 fully saturated rings. The number of hydrogen-bond donors (Lipinski definition) is 2. The number of hydrogen-bond acceptors (Lipinski definition) is 4. The molecule has 3 unspecified atom stereocenters. The first-order chi connectivity index (χ1) is 12.9. The number of benzene rings is 1. The van der Waals surface area contributed by atoms with Gasteiger partial charge in [-0.1, -0.05) is 31.2 Å². The number of carbonyl (C=O) groups is 1. The number of aliphatic hydroxyl groups excluding tert-OH is 1. The highest BCUT2D eigenvalue weighted by Gasteiger charge is 2.63. The number of fused-ring (bicyclic) bond motifs is 1. The Morgan fingerprint density at radius 2 is 1.89 bits per heavy atom. The Labute approximate surface area is 160 Å². The smallest absolute Gasteiger partial charge is 0.225 e. The van der Waals surface area contributed by atoms with E-state index in [0.717, 1.165) is 25.9 Å². The topological polar surface area (TPSA) is 61.8 Å².